The number of nitrogens with one attached hydrogen (secondary N) is 1. The van der Waals surface area contributed by atoms with Crippen molar-refractivity contribution in [3.8, 4) is 5.75 Å². The van der Waals surface area contributed by atoms with Gasteiger partial charge in [0.05, 0.1) is 6.54 Å². The molecule has 0 saturated heterocycles. The summed E-state index contributed by atoms with van der Waals surface area (Å²) in [5.74, 6) is 0.610. The summed E-state index contributed by atoms with van der Waals surface area (Å²) in [5, 5.41) is 7.52. The van der Waals surface area contributed by atoms with Crippen LogP contribution in [0.25, 0.3) is 0 Å². The first-order chi connectivity index (χ1) is 10.1. The lowest BCUT2D eigenvalue weighted by atomic mass is 10.3. The molecule has 1 amide bonds. The fourth-order valence-corrected chi connectivity index (χ4v) is 1.91. The van der Waals surface area contributed by atoms with Crippen LogP contribution in [-0.4, -0.2) is 41.2 Å². The maximum atomic E-state index is 12.1. The third kappa shape index (κ3) is 4.23. The number of aryl methyl sites for hydroxylation is 1. The number of carbonyl (C=O) groups excluding carboxylic acids is 1. The number of halogens is 1. The zero-order valence-electron chi connectivity index (χ0n) is 12.1. The number of H-pyrrole nitrogens is 1. The summed E-state index contributed by atoms with van der Waals surface area (Å²) in [6.07, 6.45) is 0.823. The van der Waals surface area contributed by atoms with E-state index in [1.807, 2.05) is 6.92 Å². The fraction of sp³-hybridized carbons (Fsp3) is 0.333. The number of nitrogens with zero attached hydrogens (tertiary/aromatic N) is 2. The molecule has 0 radical (unpaired) electrons. The van der Waals surface area contributed by atoms with Crippen LogP contribution in [0.3, 0.4) is 0 Å². The zero-order valence-corrected chi connectivity index (χ0v) is 12.9. The Morgan fingerprint density at radius 3 is 2.71 bits per heavy atom. The minimum atomic E-state index is -0.120. The van der Waals surface area contributed by atoms with E-state index < -0.39 is 0 Å². The number of carbonyl (C=O) groups is 1. The summed E-state index contributed by atoms with van der Waals surface area (Å²) in [5.41, 5.74) is 1.38. The van der Waals surface area contributed by atoms with E-state index in [1.54, 1.807) is 42.3 Å². The molecule has 21 heavy (non-hydrogen) atoms. The molecular formula is C15H18ClN3O2. The van der Waals surface area contributed by atoms with Gasteiger partial charge in [-0.2, -0.15) is 5.10 Å². The molecule has 0 aliphatic carbocycles. The monoisotopic (exact) mass is 307 g/mol. The highest BCUT2D eigenvalue weighted by Gasteiger charge is 2.14. The predicted octanol–water partition coefficient (Wildman–Crippen LogP) is 2.78. The van der Waals surface area contributed by atoms with Crippen molar-refractivity contribution in [2.45, 2.75) is 13.3 Å². The van der Waals surface area contributed by atoms with Crippen LogP contribution in [0.2, 0.25) is 5.02 Å². The molecule has 6 heteroatoms. The molecule has 0 aliphatic rings. The molecule has 0 unspecified atom stereocenters. The van der Waals surface area contributed by atoms with Crippen molar-refractivity contribution in [2.75, 3.05) is 20.2 Å². The molecule has 2 aromatic rings. The van der Waals surface area contributed by atoms with Crippen LogP contribution in [0.4, 0.5) is 0 Å². The van der Waals surface area contributed by atoms with E-state index in [1.165, 1.54) is 0 Å². The Bertz CT molecular complexity index is 595. The Morgan fingerprint density at radius 1 is 1.38 bits per heavy atom. The van der Waals surface area contributed by atoms with Crippen LogP contribution < -0.4 is 4.74 Å². The Balaban J connectivity index is 1.82. The van der Waals surface area contributed by atoms with E-state index in [-0.39, 0.29) is 5.91 Å². The molecule has 0 atom stereocenters. The average molecular weight is 308 g/mol. The van der Waals surface area contributed by atoms with Crippen molar-refractivity contribution >= 4 is 17.5 Å². The minimum absolute atomic E-state index is 0.120. The summed E-state index contributed by atoms with van der Waals surface area (Å²) in [6, 6.07) is 8.90. The highest BCUT2D eigenvalue weighted by molar-refractivity contribution is 6.30. The van der Waals surface area contributed by atoms with E-state index >= 15 is 0 Å². The number of likely N-dealkylation sites (N-methyl/N-ethyl adjacent to an activating group) is 1. The number of hydrogen-bond acceptors (Lipinski definition) is 3. The van der Waals surface area contributed by atoms with E-state index in [2.05, 4.69) is 10.2 Å². The van der Waals surface area contributed by atoms with Gasteiger partial charge in [0, 0.05) is 17.8 Å². The van der Waals surface area contributed by atoms with Crippen molar-refractivity contribution in [2.24, 2.45) is 0 Å². The van der Waals surface area contributed by atoms with E-state index in [4.69, 9.17) is 16.3 Å². The van der Waals surface area contributed by atoms with Crippen LogP contribution in [-0.2, 0) is 6.42 Å². The van der Waals surface area contributed by atoms with Crippen molar-refractivity contribution in [1.82, 2.24) is 15.1 Å². The third-order valence-electron chi connectivity index (χ3n) is 3.09. The van der Waals surface area contributed by atoms with Gasteiger partial charge in [-0.15, -0.1) is 0 Å². The summed E-state index contributed by atoms with van der Waals surface area (Å²) < 4.78 is 5.56. The van der Waals surface area contributed by atoms with Crippen LogP contribution in [0.15, 0.2) is 30.3 Å². The molecule has 112 valence electrons. The van der Waals surface area contributed by atoms with Crippen molar-refractivity contribution in [1.29, 1.82) is 0 Å². The van der Waals surface area contributed by atoms with Crippen LogP contribution in [0.5, 0.6) is 5.75 Å². The van der Waals surface area contributed by atoms with Gasteiger partial charge >= 0.3 is 0 Å². The highest BCUT2D eigenvalue weighted by Crippen LogP contribution is 2.15. The molecule has 1 N–H and O–H groups in total. The molecule has 0 bridgehead atoms. The Morgan fingerprint density at radius 2 is 2.10 bits per heavy atom. The van der Waals surface area contributed by atoms with Gasteiger partial charge in [-0.25, -0.2) is 0 Å². The lowest BCUT2D eigenvalue weighted by Gasteiger charge is -2.16. The van der Waals surface area contributed by atoms with Gasteiger partial charge in [0.1, 0.15) is 18.1 Å². The number of amides is 1. The second kappa shape index (κ2) is 7.13. The molecule has 5 nitrogen and oxygen atoms in total. The smallest absolute Gasteiger partial charge is 0.274 e. The predicted molar refractivity (Wildman–Crippen MR) is 81.9 cm³/mol. The highest BCUT2D eigenvalue weighted by atomic mass is 35.5. The molecule has 1 aromatic heterocycles. The molecule has 0 fully saturated rings. The molecule has 2 rings (SSSR count). The summed E-state index contributed by atoms with van der Waals surface area (Å²) in [4.78, 5) is 13.7. The lowest BCUT2D eigenvalue weighted by molar-refractivity contribution is 0.0768. The number of benzene rings is 1. The van der Waals surface area contributed by atoms with E-state index in [0.717, 1.165) is 17.9 Å². The maximum Gasteiger partial charge on any atom is 0.274 e. The van der Waals surface area contributed by atoms with Crippen LogP contribution in [0, 0.1) is 0 Å². The quantitative estimate of drug-likeness (QED) is 0.892. The van der Waals surface area contributed by atoms with Gasteiger partial charge in [0.15, 0.2) is 0 Å². The summed E-state index contributed by atoms with van der Waals surface area (Å²) in [7, 11) is 1.73. The molecule has 1 heterocycles. The summed E-state index contributed by atoms with van der Waals surface area (Å²) in [6.45, 7) is 2.90. The Hall–Kier alpha value is -2.01. The van der Waals surface area contributed by atoms with Gasteiger partial charge in [-0.05, 0) is 36.8 Å². The Kier molecular flexibility index (Phi) is 5.22. The summed E-state index contributed by atoms with van der Waals surface area (Å²) >= 11 is 5.80. The number of aromatic amines is 1. The second-order valence-corrected chi connectivity index (χ2v) is 5.10. The topological polar surface area (TPSA) is 58.2 Å². The van der Waals surface area contributed by atoms with Crippen molar-refractivity contribution in [3.63, 3.8) is 0 Å². The molecular weight excluding hydrogens is 290 g/mol. The zero-order chi connectivity index (χ0) is 15.2. The van der Waals surface area contributed by atoms with Crippen molar-refractivity contribution in [3.05, 3.63) is 46.7 Å². The lowest BCUT2D eigenvalue weighted by Crippen LogP contribution is -2.31. The third-order valence-corrected chi connectivity index (χ3v) is 3.34. The first-order valence-electron chi connectivity index (χ1n) is 6.78. The minimum Gasteiger partial charge on any atom is -0.492 e. The second-order valence-electron chi connectivity index (χ2n) is 4.66. The first kappa shape index (κ1) is 15.4. The van der Waals surface area contributed by atoms with E-state index in [9.17, 15) is 4.79 Å². The van der Waals surface area contributed by atoms with E-state index in [0.29, 0.717) is 23.9 Å². The molecule has 0 spiro atoms. The van der Waals surface area contributed by atoms with Gasteiger partial charge < -0.3 is 9.64 Å². The van der Waals surface area contributed by atoms with Gasteiger partial charge in [-0.3, -0.25) is 9.89 Å². The molecule has 0 aliphatic heterocycles. The number of ether oxygens (including phenoxy) is 1. The number of hydrogen-bond donors (Lipinski definition) is 1. The normalized spacial score (nSPS) is 10.4. The van der Waals surface area contributed by atoms with Gasteiger partial charge in [0.25, 0.3) is 5.91 Å². The fourth-order valence-electron chi connectivity index (χ4n) is 1.78. The molecule has 1 aromatic carbocycles. The standard InChI is InChI=1S/C15H18ClN3O2/c1-3-12-10-14(18-17-12)15(20)19(2)8-9-21-13-6-4-11(16)5-7-13/h4-7,10H,3,8-9H2,1-2H3,(H,17,18). The van der Waals surface area contributed by atoms with Gasteiger partial charge in [0.2, 0.25) is 0 Å². The van der Waals surface area contributed by atoms with Gasteiger partial charge in [-0.1, -0.05) is 18.5 Å². The van der Waals surface area contributed by atoms with Crippen LogP contribution >= 0.6 is 11.6 Å². The molecule has 0 saturated carbocycles. The van der Waals surface area contributed by atoms with Crippen LogP contribution in [0.1, 0.15) is 23.1 Å². The maximum absolute atomic E-state index is 12.1. The largest absolute Gasteiger partial charge is 0.492 e. The van der Waals surface area contributed by atoms with Crippen molar-refractivity contribution < 1.29 is 9.53 Å². The Labute approximate surface area is 128 Å². The first-order valence-corrected chi connectivity index (χ1v) is 7.16. The average Bonchev–Trinajstić information content (AvgIpc) is 2.97. The SMILES string of the molecule is CCc1cc(C(=O)N(C)CCOc2ccc(Cl)cc2)n[nH]1. The number of rotatable bonds is 6. The number of aromatic nitrogens is 2.